The molecule has 1 heteroatoms. The topological polar surface area (TPSA) is 3.01 Å². The summed E-state index contributed by atoms with van der Waals surface area (Å²) in [6.45, 7) is 13.3. The molecule has 0 fully saturated rings. The zero-order chi connectivity index (χ0) is 13.4. The third kappa shape index (κ3) is 7.14. The Morgan fingerprint density at radius 1 is 1.18 bits per heavy atom. The molecule has 0 amide bonds. The summed E-state index contributed by atoms with van der Waals surface area (Å²) >= 11 is 0. The minimum atomic E-state index is 0.512. The van der Waals surface area contributed by atoms with Gasteiger partial charge in [0, 0.05) is 12.3 Å². The summed E-state index contributed by atoms with van der Waals surface area (Å²) in [5.41, 5.74) is 2.90. The molecule has 0 aliphatic heterocycles. The molecule has 1 atom stereocenters. The molecule has 0 bridgehead atoms. The molecule has 0 aliphatic carbocycles. The second kappa shape index (κ2) is 8.27. The first-order valence-electron chi connectivity index (χ1n) is 6.80. The van der Waals surface area contributed by atoms with Gasteiger partial charge in [-0.2, -0.15) is 0 Å². The van der Waals surface area contributed by atoms with Crippen molar-refractivity contribution in [3.05, 3.63) is 23.9 Å². The minimum absolute atomic E-state index is 0.512. The highest BCUT2D eigenvalue weighted by molar-refractivity contribution is 5.81. The normalized spacial score (nSPS) is 15.1. The Hall–Kier alpha value is -0.850. The maximum atomic E-state index is 2.30. The summed E-state index contributed by atoms with van der Waals surface area (Å²) in [5, 5.41) is 0. The van der Waals surface area contributed by atoms with E-state index in [1.165, 1.54) is 24.1 Å². The monoisotopic (exact) mass is 236 g/mol. The van der Waals surface area contributed by atoms with Crippen molar-refractivity contribution in [2.75, 3.05) is 7.05 Å². The van der Waals surface area contributed by atoms with Crippen LogP contribution in [-0.2, 0) is 0 Å². The van der Waals surface area contributed by atoms with E-state index in [4.69, 9.17) is 0 Å². The van der Waals surface area contributed by atoms with Crippen LogP contribution in [0.5, 0.6) is 0 Å². The Labute approximate surface area is 108 Å². The molecule has 1 nitrogen and oxygen atoms in total. The largest absolute Gasteiger partial charge is 0.209 e. The van der Waals surface area contributed by atoms with Crippen LogP contribution >= 0.6 is 0 Å². The van der Waals surface area contributed by atoms with Crippen molar-refractivity contribution in [1.29, 1.82) is 0 Å². The number of nitrogens with zero attached hydrogens (tertiary/aromatic N) is 1. The van der Waals surface area contributed by atoms with Gasteiger partial charge in [-0.3, -0.25) is 0 Å². The number of rotatable bonds is 6. The summed E-state index contributed by atoms with van der Waals surface area (Å²) < 4.78 is 2.30. The van der Waals surface area contributed by atoms with E-state index >= 15 is 0 Å². The van der Waals surface area contributed by atoms with Crippen LogP contribution in [0.3, 0.4) is 0 Å². The molecule has 0 heterocycles. The van der Waals surface area contributed by atoms with E-state index in [0.29, 0.717) is 11.8 Å². The van der Waals surface area contributed by atoms with Crippen molar-refractivity contribution in [2.24, 2.45) is 11.8 Å². The van der Waals surface area contributed by atoms with Gasteiger partial charge in [-0.1, -0.05) is 39.3 Å². The molecule has 0 N–H and O–H groups in total. The average molecular weight is 236 g/mol. The van der Waals surface area contributed by atoms with Gasteiger partial charge in [0.15, 0.2) is 11.9 Å². The van der Waals surface area contributed by atoms with Gasteiger partial charge >= 0.3 is 0 Å². The van der Waals surface area contributed by atoms with Crippen molar-refractivity contribution < 1.29 is 4.58 Å². The third-order valence-corrected chi connectivity index (χ3v) is 2.84. The molecule has 0 spiro atoms. The highest BCUT2D eigenvalue weighted by atomic mass is 15.0. The molecule has 0 aromatic carbocycles. The lowest BCUT2D eigenvalue weighted by Gasteiger charge is -2.06. The van der Waals surface area contributed by atoms with Crippen molar-refractivity contribution in [2.45, 2.75) is 54.4 Å². The highest BCUT2D eigenvalue weighted by Crippen LogP contribution is 2.07. The lowest BCUT2D eigenvalue weighted by Crippen LogP contribution is -2.18. The molecule has 0 aliphatic rings. The molecular weight excluding hydrogens is 206 g/mol. The summed E-state index contributed by atoms with van der Waals surface area (Å²) in [6, 6.07) is 0. The molecular formula is C16H30N+. The lowest BCUT2D eigenvalue weighted by atomic mass is 10.0. The molecule has 0 saturated heterocycles. The fourth-order valence-corrected chi connectivity index (χ4v) is 2.07. The van der Waals surface area contributed by atoms with Crippen LogP contribution in [-0.4, -0.2) is 17.3 Å². The van der Waals surface area contributed by atoms with Gasteiger partial charge in [-0.15, -0.1) is 0 Å². The van der Waals surface area contributed by atoms with Gasteiger partial charge in [-0.25, -0.2) is 4.58 Å². The van der Waals surface area contributed by atoms with Gasteiger partial charge in [0.25, 0.3) is 0 Å². The fraction of sp³-hybridized carbons (Fsp3) is 0.688. The SMILES string of the molecule is CCC/C(C(C)C)=[N+](C)/C=C\C(C)C=C(C)C. The summed E-state index contributed by atoms with van der Waals surface area (Å²) in [5.74, 6) is 1.14. The Morgan fingerprint density at radius 2 is 1.76 bits per heavy atom. The van der Waals surface area contributed by atoms with E-state index in [0.717, 1.165) is 0 Å². The Bertz CT molecular complexity index is 301. The zero-order valence-electron chi connectivity index (χ0n) is 12.7. The van der Waals surface area contributed by atoms with Crippen LogP contribution in [0.25, 0.3) is 0 Å². The van der Waals surface area contributed by atoms with Crippen molar-refractivity contribution in [3.63, 3.8) is 0 Å². The van der Waals surface area contributed by atoms with Crippen molar-refractivity contribution in [1.82, 2.24) is 0 Å². The van der Waals surface area contributed by atoms with E-state index in [1.54, 1.807) is 0 Å². The van der Waals surface area contributed by atoms with E-state index in [-0.39, 0.29) is 0 Å². The molecule has 98 valence electrons. The molecule has 0 rings (SSSR count). The number of allylic oxidation sites excluding steroid dienone is 3. The van der Waals surface area contributed by atoms with Crippen molar-refractivity contribution in [3.8, 4) is 0 Å². The van der Waals surface area contributed by atoms with Gasteiger partial charge in [0.1, 0.15) is 7.05 Å². The van der Waals surface area contributed by atoms with Gasteiger partial charge in [-0.05, 0) is 32.3 Å². The molecule has 0 aromatic rings. The van der Waals surface area contributed by atoms with Crippen LogP contribution in [0.4, 0.5) is 0 Å². The van der Waals surface area contributed by atoms with Gasteiger partial charge in [0.2, 0.25) is 0 Å². The highest BCUT2D eigenvalue weighted by Gasteiger charge is 2.12. The first-order chi connectivity index (χ1) is 7.88. The predicted octanol–water partition coefficient (Wildman–Crippen LogP) is 4.64. The average Bonchev–Trinajstić information content (AvgIpc) is 2.21. The second-order valence-corrected chi connectivity index (χ2v) is 5.45. The van der Waals surface area contributed by atoms with Crippen LogP contribution in [0.2, 0.25) is 0 Å². The van der Waals surface area contributed by atoms with Gasteiger partial charge in [0.05, 0.1) is 0 Å². The van der Waals surface area contributed by atoms with E-state index in [1.807, 2.05) is 0 Å². The van der Waals surface area contributed by atoms with Gasteiger partial charge < -0.3 is 0 Å². The van der Waals surface area contributed by atoms with Crippen LogP contribution in [0.15, 0.2) is 23.9 Å². The molecule has 1 unspecified atom stereocenters. The summed E-state index contributed by atoms with van der Waals surface area (Å²) in [6.07, 6.45) is 9.18. The first-order valence-corrected chi connectivity index (χ1v) is 6.80. The third-order valence-electron chi connectivity index (χ3n) is 2.84. The standard InChI is InChI=1S/C16H30N/c1-8-9-16(14(4)5)17(7)11-10-15(6)12-13(2)3/h10-12,14-15H,8-9H2,1-7H3/q+1/b11-10-,17-16-. The van der Waals surface area contributed by atoms with Crippen LogP contribution in [0, 0.1) is 11.8 Å². The maximum absolute atomic E-state index is 2.30. The second-order valence-electron chi connectivity index (χ2n) is 5.45. The maximum Gasteiger partial charge on any atom is 0.165 e. The molecule has 0 aromatic heterocycles. The number of hydrogen-bond acceptors (Lipinski definition) is 0. The summed E-state index contributed by atoms with van der Waals surface area (Å²) in [4.78, 5) is 0. The van der Waals surface area contributed by atoms with E-state index < -0.39 is 0 Å². The molecule has 0 saturated carbocycles. The predicted molar refractivity (Wildman–Crippen MR) is 78.7 cm³/mol. The smallest absolute Gasteiger partial charge is 0.165 e. The Morgan fingerprint density at radius 3 is 2.18 bits per heavy atom. The minimum Gasteiger partial charge on any atom is -0.209 e. The van der Waals surface area contributed by atoms with Crippen LogP contribution < -0.4 is 0 Å². The first kappa shape index (κ1) is 16.1. The summed E-state index contributed by atoms with van der Waals surface area (Å²) in [7, 11) is 2.16. The Balaban J connectivity index is 4.78. The van der Waals surface area contributed by atoms with E-state index in [9.17, 15) is 0 Å². The fourth-order valence-electron chi connectivity index (χ4n) is 2.07. The van der Waals surface area contributed by atoms with E-state index in [2.05, 4.69) is 71.5 Å². The number of hydrogen-bond donors (Lipinski definition) is 0. The lowest BCUT2D eigenvalue weighted by molar-refractivity contribution is -0.426. The van der Waals surface area contributed by atoms with Crippen molar-refractivity contribution >= 4 is 5.71 Å². The Kier molecular flexibility index (Phi) is 7.86. The van der Waals surface area contributed by atoms with Crippen LogP contribution in [0.1, 0.15) is 54.4 Å². The molecule has 0 radical (unpaired) electrons. The zero-order valence-corrected chi connectivity index (χ0v) is 12.7. The quantitative estimate of drug-likeness (QED) is 0.359. The molecule has 17 heavy (non-hydrogen) atoms.